The van der Waals surface area contributed by atoms with Crippen molar-refractivity contribution in [1.82, 2.24) is 5.32 Å². The number of amides is 1. The zero-order chi connectivity index (χ0) is 23.4. The topological polar surface area (TPSA) is 100.0 Å². The molecule has 174 valence electrons. The number of hydrogen-bond acceptors (Lipinski definition) is 7. The highest BCUT2D eigenvalue weighted by atomic mass is 35.5. The fourth-order valence-electron chi connectivity index (χ4n) is 4.02. The number of rotatable bonds is 5. The summed E-state index contributed by atoms with van der Waals surface area (Å²) in [6, 6.07) is 9.94. The molecule has 0 spiro atoms. The predicted molar refractivity (Wildman–Crippen MR) is 133 cm³/mol. The lowest BCUT2D eigenvalue weighted by atomic mass is 10.1. The molecule has 2 aromatic rings. The number of carbonyl (C=O) groups is 1. The Morgan fingerprint density at radius 1 is 1.03 bits per heavy atom. The highest BCUT2D eigenvalue weighted by molar-refractivity contribution is 7.80. The number of anilines is 3. The quantitative estimate of drug-likeness (QED) is 0.371. The number of benzene rings is 2. The molecule has 2 aliphatic rings. The standard InChI is InChI=1S/C22H24ClN5O4S/c23-17-14-16(4-6-18(17)26-7-1-2-8-26)24-22(33)25-21(29)15-3-5-19(20(13-15)28(30)31)27-9-11-32-12-10-27/h3-6,13-14H,1-2,7-12H2,(H2,24,25,29,33). The molecule has 11 heteroatoms. The van der Waals surface area contributed by atoms with Crippen LogP contribution in [0, 0.1) is 10.1 Å². The molecule has 0 aliphatic carbocycles. The van der Waals surface area contributed by atoms with E-state index in [2.05, 4.69) is 15.5 Å². The first-order chi connectivity index (χ1) is 15.9. The van der Waals surface area contributed by atoms with Crippen LogP contribution in [0.15, 0.2) is 36.4 Å². The number of thiocarbonyl (C=S) groups is 1. The molecule has 2 N–H and O–H groups in total. The number of nitro benzene ring substituents is 1. The maximum absolute atomic E-state index is 12.7. The third kappa shape index (κ3) is 5.52. The van der Waals surface area contributed by atoms with Gasteiger partial charge in [-0.1, -0.05) is 11.6 Å². The van der Waals surface area contributed by atoms with Crippen LogP contribution in [0.4, 0.5) is 22.7 Å². The molecule has 2 saturated heterocycles. The van der Waals surface area contributed by atoms with Gasteiger partial charge in [0.25, 0.3) is 11.6 Å². The van der Waals surface area contributed by atoms with E-state index >= 15 is 0 Å². The van der Waals surface area contributed by atoms with Crippen molar-refractivity contribution in [3.63, 3.8) is 0 Å². The lowest BCUT2D eigenvalue weighted by molar-refractivity contribution is -0.384. The van der Waals surface area contributed by atoms with E-state index in [9.17, 15) is 14.9 Å². The third-order valence-corrected chi connectivity index (χ3v) is 6.17. The molecule has 9 nitrogen and oxygen atoms in total. The van der Waals surface area contributed by atoms with Crippen molar-refractivity contribution in [1.29, 1.82) is 0 Å². The van der Waals surface area contributed by atoms with Crippen molar-refractivity contribution in [3.8, 4) is 0 Å². The monoisotopic (exact) mass is 489 g/mol. The van der Waals surface area contributed by atoms with Crippen molar-refractivity contribution in [2.75, 3.05) is 54.5 Å². The number of nitrogens with zero attached hydrogens (tertiary/aromatic N) is 3. The summed E-state index contributed by atoms with van der Waals surface area (Å²) in [7, 11) is 0. The molecule has 2 fully saturated rings. The highest BCUT2D eigenvalue weighted by Crippen LogP contribution is 2.32. The minimum absolute atomic E-state index is 0.0740. The molecular weight excluding hydrogens is 466 g/mol. The van der Waals surface area contributed by atoms with Crippen molar-refractivity contribution < 1.29 is 14.5 Å². The molecule has 0 aromatic heterocycles. The normalized spacial score (nSPS) is 15.9. The van der Waals surface area contributed by atoms with E-state index < -0.39 is 10.8 Å². The lowest BCUT2D eigenvalue weighted by Gasteiger charge is -2.28. The van der Waals surface area contributed by atoms with Gasteiger partial charge in [-0.25, -0.2) is 0 Å². The van der Waals surface area contributed by atoms with Crippen LogP contribution in [-0.4, -0.2) is 55.3 Å². The van der Waals surface area contributed by atoms with Crippen molar-refractivity contribution in [2.45, 2.75) is 12.8 Å². The van der Waals surface area contributed by atoms with E-state index in [0.717, 1.165) is 31.6 Å². The Kier molecular flexibility index (Phi) is 7.26. The van der Waals surface area contributed by atoms with Gasteiger partial charge in [-0.3, -0.25) is 20.2 Å². The van der Waals surface area contributed by atoms with Crippen LogP contribution in [0.2, 0.25) is 5.02 Å². The fourth-order valence-corrected chi connectivity index (χ4v) is 4.53. The molecule has 0 atom stereocenters. The number of nitrogens with one attached hydrogen (secondary N) is 2. The summed E-state index contributed by atoms with van der Waals surface area (Å²) in [5.74, 6) is -0.538. The van der Waals surface area contributed by atoms with Crippen LogP contribution in [0.1, 0.15) is 23.2 Å². The second kappa shape index (κ2) is 10.3. The van der Waals surface area contributed by atoms with E-state index in [-0.39, 0.29) is 16.4 Å². The molecule has 1 amide bonds. The first-order valence-electron chi connectivity index (χ1n) is 10.7. The second-order valence-electron chi connectivity index (χ2n) is 7.83. The van der Waals surface area contributed by atoms with Crippen LogP contribution in [0.3, 0.4) is 0 Å². The van der Waals surface area contributed by atoms with E-state index in [1.807, 2.05) is 17.0 Å². The van der Waals surface area contributed by atoms with Crippen molar-refractivity contribution in [3.05, 3.63) is 57.1 Å². The van der Waals surface area contributed by atoms with E-state index in [0.29, 0.717) is 42.7 Å². The van der Waals surface area contributed by atoms with Gasteiger partial charge in [0, 0.05) is 43.5 Å². The summed E-state index contributed by atoms with van der Waals surface area (Å²) in [6.45, 7) is 4.08. The molecule has 2 aliphatic heterocycles. The number of morpholine rings is 1. The number of hydrogen-bond donors (Lipinski definition) is 2. The van der Waals surface area contributed by atoms with Crippen LogP contribution < -0.4 is 20.4 Å². The second-order valence-corrected chi connectivity index (χ2v) is 8.64. The molecule has 0 radical (unpaired) electrons. The Labute approximate surface area is 201 Å². The maximum Gasteiger partial charge on any atom is 0.293 e. The summed E-state index contributed by atoms with van der Waals surface area (Å²) in [6.07, 6.45) is 2.30. The average molecular weight is 490 g/mol. The van der Waals surface area contributed by atoms with Gasteiger partial charge >= 0.3 is 0 Å². The molecule has 4 rings (SSSR count). The maximum atomic E-state index is 12.7. The van der Waals surface area contributed by atoms with E-state index in [1.165, 1.54) is 6.07 Å². The SMILES string of the molecule is O=C(NC(=S)Nc1ccc(N2CCCC2)c(Cl)c1)c1ccc(N2CCOCC2)c([N+](=O)[O-])c1. The van der Waals surface area contributed by atoms with Gasteiger partial charge in [0.2, 0.25) is 0 Å². The van der Waals surface area contributed by atoms with Gasteiger partial charge in [0.1, 0.15) is 5.69 Å². The van der Waals surface area contributed by atoms with Crippen molar-refractivity contribution >= 4 is 57.6 Å². The van der Waals surface area contributed by atoms with Gasteiger partial charge in [-0.15, -0.1) is 0 Å². The van der Waals surface area contributed by atoms with Crippen LogP contribution in [-0.2, 0) is 4.74 Å². The highest BCUT2D eigenvalue weighted by Gasteiger charge is 2.23. The van der Waals surface area contributed by atoms with E-state index in [1.54, 1.807) is 18.2 Å². The van der Waals surface area contributed by atoms with Gasteiger partial charge < -0.3 is 19.9 Å². The summed E-state index contributed by atoms with van der Waals surface area (Å²) in [5.41, 5.74) is 2.09. The molecule has 0 bridgehead atoms. The smallest absolute Gasteiger partial charge is 0.293 e. The number of ether oxygens (including phenoxy) is 1. The Bertz CT molecular complexity index is 1070. The number of nitro groups is 1. The van der Waals surface area contributed by atoms with Crippen LogP contribution in [0.5, 0.6) is 0 Å². The minimum Gasteiger partial charge on any atom is -0.378 e. The molecule has 33 heavy (non-hydrogen) atoms. The molecule has 0 unspecified atom stereocenters. The first-order valence-corrected chi connectivity index (χ1v) is 11.5. The average Bonchev–Trinajstić information content (AvgIpc) is 3.34. The van der Waals surface area contributed by atoms with Crippen LogP contribution >= 0.6 is 23.8 Å². The third-order valence-electron chi connectivity index (χ3n) is 5.67. The zero-order valence-corrected chi connectivity index (χ0v) is 19.5. The van der Waals surface area contributed by atoms with Crippen LogP contribution in [0.25, 0.3) is 0 Å². The first kappa shape index (κ1) is 23.2. The molecule has 2 heterocycles. The largest absolute Gasteiger partial charge is 0.378 e. The molecule has 2 aromatic carbocycles. The van der Waals surface area contributed by atoms with Gasteiger partial charge in [0.15, 0.2) is 5.11 Å². The summed E-state index contributed by atoms with van der Waals surface area (Å²) >= 11 is 11.7. The van der Waals surface area contributed by atoms with Gasteiger partial charge in [-0.05, 0) is 55.4 Å². The summed E-state index contributed by atoms with van der Waals surface area (Å²) in [5, 5.41) is 17.8. The Morgan fingerprint density at radius 3 is 2.36 bits per heavy atom. The molecule has 0 saturated carbocycles. The zero-order valence-electron chi connectivity index (χ0n) is 17.9. The fraction of sp³-hybridized carbons (Fsp3) is 0.364. The van der Waals surface area contributed by atoms with Gasteiger partial charge in [0.05, 0.1) is 28.8 Å². The molecular formula is C22H24ClN5O4S. The van der Waals surface area contributed by atoms with Crippen molar-refractivity contribution in [2.24, 2.45) is 0 Å². The summed E-state index contributed by atoms with van der Waals surface area (Å²) < 4.78 is 5.31. The number of halogens is 1. The Morgan fingerprint density at radius 2 is 1.70 bits per heavy atom. The Balaban J connectivity index is 1.42. The Hall–Kier alpha value is -2.95. The predicted octanol–water partition coefficient (Wildman–Crippen LogP) is 3.81. The summed E-state index contributed by atoms with van der Waals surface area (Å²) in [4.78, 5) is 27.9. The lowest BCUT2D eigenvalue weighted by Crippen LogP contribution is -2.37. The van der Waals surface area contributed by atoms with E-state index in [4.69, 9.17) is 28.6 Å². The number of carbonyl (C=O) groups excluding carboxylic acids is 1. The minimum atomic E-state index is -0.538. The van der Waals surface area contributed by atoms with Gasteiger partial charge in [-0.2, -0.15) is 0 Å².